The lowest BCUT2D eigenvalue weighted by Gasteiger charge is -2.09. The Hall–Kier alpha value is -1.31. The van der Waals surface area contributed by atoms with Gasteiger partial charge in [0.1, 0.15) is 5.82 Å². The van der Waals surface area contributed by atoms with Gasteiger partial charge in [0.05, 0.1) is 18.5 Å². The zero-order valence-electron chi connectivity index (χ0n) is 11.9. The highest BCUT2D eigenvalue weighted by atomic mass is 32.2. The first-order chi connectivity index (χ1) is 10.2. The summed E-state index contributed by atoms with van der Waals surface area (Å²) in [4.78, 5) is 13.1. The Morgan fingerprint density at radius 2 is 2.43 bits per heavy atom. The first-order valence-electron chi connectivity index (χ1n) is 6.71. The molecule has 7 heteroatoms. The molecule has 21 heavy (non-hydrogen) atoms. The number of nitrogens with zero attached hydrogens (tertiary/aromatic N) is 2. The number of thiophene rings is 1. The molecule has 0 saturated heterocycles. The molecule has 0 aliphatic rings. The Labute approximate surface area is 132 Å². The van der Waals surface area contributed by atoms with Crippen molar-refractivity contribution in [3.63, 3.8) is 0 Å². The van der Waals surface area contributed by atoms with Crippen molar-refractivity contribution in [3.8, 4) is 0 Å². The summed E-state index contributed by atoms with van der Waals surface area (Å²) < 4.78 is 1.78. The number of rotatable bonds is 8. The van der Waals surface area contributed by atoms with Gasteiger partial charge in [-0.05, 0) is 23.1 Å². The molecule has 0 fully saturated rings. The van der Waals surface area contributed by atoms with E-state index in [1.54, 1.807) is 28.3 Å². The van der Waals surface area contributed by atoms with Gasteiger partial charge in [0.15, 0.2) is 0 Å². The first-order valence-corrected chi connectivity index (χ1v) is 8.75. The van der Waals surface area contributed by atoms with Crippen molar-refractivity contribution in [1.29, 1.82) is 0 Å². The van der Waals surface area contributed by atoms with Gasteiger partial charge in [-0.3, -0.25) is 4.79 Å². The third-order valence-electron chi connectivity index (χ3n) is 2.82. The van der Waals surface area contributed by atoms with Gasteiger partial charge in [-0.15, -0.1) is 11.3 Å². The molecular weight excluding hydrogens is 306 g/mol. The van der Waals surface area contributed by atoms with E-state index in [0.29, 0.717) is 18.1 Å². The van der Waals surface area contributed by atoms with Crippen LogP contribution >= 0.6 is 23.1 Å². The molecule has 114 valence electrons. The number of hydrogen-bond donors (Lipinski definition) is 2. The van der Waals surface area contributed by atoms with Crippen LogP contribution in [-0.4, -0.2) is 38.9 Å². The molecule has 2 rings (SSSR count). The minimum absolute atomic E-state index is 0.0435. The van der Waals surface area contributed by atoms with Crippen molar-refractivity contribution >= 4 is 34.8 Å². The van der Waals surface area contributed by atoms with Crippen molar-refractivity contribution in [2.75, 3.05) is 23.4 Å². The summed E-state index contributed by atoms with van der Waals surface area (Å²) in [5.74, 6) is 2.04. The minimum Gasteiger partial charge on any atom is -0.396 e. The van der Waals surface area contributed by atoms with E-state index in [0.717, 1.165) is 5.75 Å². The normalized spacial score (nSPS) is 12.3. The molecule has 0 saturated carbocycles. The maximum atomic E-state index is 11.9. The lowest BCUT2D eigenvalue weighted by atomic mass is 10.2. The van der Waals surface area contributed by atoms with Crippen LogP contribution in [0.15, 0.2) is 29.8 Å². The van der Waals surface area contributed by atoms with Gasteiger partial charge in [-0.1, -0.05) is 13.0 Å². The average molecular weight is 325 g/mol. The SMILES string of the molecule is CC(CO)CSCC(=O)Nc1ccnn1Cc1cccs1. The van der Waals surface area contributed by atoms with E-state index in [2.05, 4.69) is 10.4 Å². The zero-order chi connectivity index (χ0) is 15.1. The van der Waals surface area contributed by atoms with E-state index >= 15 is 0 Å². The number of aliphatic hydroxyl groups is 1. The van der Waals surface area contributed by atoms with Crippen molar-refractivity contribution < 1.29 is 9.90 Å². The standard InChI is InChI=1S/C14H19N3O2S2/c1-11(8-18)9-20-10-14(19)16-13-4-5-15-17(13)7-12-3-2-6-21-12/h2-6,11,18H,7-10H2,1H3,(H,16,19). The molecular formula is C14H19N3O2S2. The zero-order valence-corrected chi connectivity index (χ0v) is 13.5. The van der Waals surface area contributed by atoms with Gasteiger partial charge in [0.2, 0.25) is 5.91 Å². The second-order valence-electron chi connectivity index (χ2n) is 4.80. The van der Waals surface area contributed by atoms with E-state index < -0.39 is 0 Å². The number of nitrogens with one attached hydrogen (secondary N) is 1. The third-order valence-corrected chi connectivity index (χ3v) is 4.95. The third kappa shape index (κ3) is 5.18. The van der Waals surface area contributed by atoms with E-state index in [1.165, 1.54) is 16.6 Å². The molecule has 2 aromatic rings. The van der Waals surface area contributed by atoms with Gasteiger partial charge >= 0.3 is 0 Å². The monoisotopic (exact) mass is 325 g/mol. The van der Waals surface area contributed by atoms with Crippen molar-refractivity contribution in [2.45, 2.75) is 13.5 Å². The summed E-state index contributed by atoms with van der Waals surface area (Å²) >= 11 is 3.19. The molecule has 1 amide bonds. The largest absolute Gasteiger partial charge is 0.396 e. The number of aromatic nitrogens is 2. The highest BCUT2D eigenvalue weighted by Gasteiger charge is 2.09. The number of aliphatic hydroxyl groups excluding tert-OH is 1. The number of carbonyl (C=O) groups excluding carboxylic acids is 1. The predicted octanol–water partition coefficient (Wildman–Crippen LogP) is 2.29. The highest BCUT2D eigenvalue weighted by Crippen LogP contribution is 2.15. The fourth-order valence-corrected chi connectivity index (χ4v) is 3.27. The molecule has 0 bridgehead atoms. The Balaban J connectivity index is 1.82. The predicted molar refractivity (Wildman–Crippen MR) is 87.9 cm³/mol. The van der Waals surface area contributed by atoms with Crippen LogP contribution in [0.1, 0.15) is 11.8 Å². The van der Waals surface area contributed by atoms with Crippen molar-refractivity contribution in [1.82, 2.24) is 9.78 Å². The van der Waals surface area contributed by atoms with Crippen molar-refractivity contribution in [2.24, 2.45) is 5.92 Å². The molecule has 0 aromatic carbocycles. The molecule has 0 radical (unpaired) electrons. The summed E-state index contributed by atoms with van der Waals surface area (Å²) in [6, 6.07) is 5.84. The van der Waals surface area contributed by atoms with Crippen LogP contribution in [0.3, 0.4) is 0 Å². The molecule has 2 aromatic heterocycles. The lowest BCUT2D eigenvalue weighted by Crippen LogP contribution is -2.18. The quantitative estimate of drug-likeness (QED) is 0.781. The number of carbonyl (C=O) groups is 1. The Kier molecular flexibility index (Phi) is 6.28. The van der Waals surface area contributed by atoms with Gasteiger partial charge < -0.3 is 10.4 Å². The molecule has 2 N–H and O–H groups in total. The van der Waals surface area contributed by atoms with E-state index in [4.69, 9.17) is 5.11 Å². The lowest BCUT2D eigenvalue weighted by molar-refractivity contribution is -0.113. The fraction of sp³-hybridized carbons (Fsp3) is 0.429. The number of thioether (sulfide) groups is 1. The van der Waals surface area contributed by atoms with Crippen LogP contribution in [-0.2, 0) is 11.3 Å². The van der Waals surface area contributed by atoms with Gasteiger partial charge in [-0.2, -0.15) is 16.9 Å². The topological polar surface area (TPSA) is 67.2 Å². The van der Waals surface area contributed by atoms with Crippen LogP contribution < -0.4 is 5.32 Å². The van der Waals surface area contributed by atoms with Gasteiger partial charge in [-0.25, -0.2) is 4.68 Å². The Bertz CT molecular complexity index is 554. The minimum atomic E-state index is -0.0435. The average Bonchev–Trinajstić information content (AvgIpc) is 3.12. The number of amides is 1. The first kappa shape index (κ1) is 16.1. The molecule has 2 heterocycles. The maximum Gasteiger partial charge on any atom is 0.235 e. The van der Waals surface area contributed by atoms with Crippen LogP contribution in [0.5, 0.6) is 0 Å². The summed E-state index contributed by atoms with van der Waals surface area (Å²) in [5.41, 5.74) is 0. The molecule has 1 atom stereocenters. The second kappa shape index (κ2) is 8.21. The van der Waals surface area contributed by atoms with E-state index in [9.17, 15) is 4.79 Å². The summed E-state index contributed by atoms with van der Waals surface area (Å²) in [6.45, 7) is 2.78. The second-order valence-corrected chi connectivity index (χ2v) is 6.87. The van der Waals surface area contributed by atoms with E-state index in [1.807, 2.05) is 24.4 Å². The van der Waals surface area contributed by atoms with E-state index in [-0.39, 0.29) is 18.4 Å². The molecule has 0 aliphatic heterocycles. The Morgan fingerprint density at radius 1 is 1.57 bits per heavy atom. The molecule has 1 unspecified atom stereocenters. The highest BCUT2D eigenvalue weighted by molar-refractivity contribution is 7.99. The van der Waals surface area contributed by atoms with Crippen LogP contribution in [0.4, 0.5) is 5.82 Å². The van der Waals surface area contributed by atoms with Crippen LogP contribution in [0.25, 0.3) is 0 Å². The smallest absolute Gasteiger partial charge is 0.235 e. The number of hydrogen-bond acceptors (Lipinski definition) is 5. The maximum absolute atomic E-state index is 11.9. The molecule has 0 spiro atoms. The summed E-state index contributed by atoms with van der Waals surface area (Å²) in [6.07, 6.45) is 1.68. The molecule has 0 aliphatic carbocycles. The van der Waals surface area contributed by atoms with Crippen LogP contribution in [0, 0.1) is 5.92 Å². The summed E-state index contributed by atoms with van der Waals surface area (Å²) in [7, 11) is 0. The summed E-state index contributed by atoms with van der Waals surface area (Å²) in [5, 5.41) is 18.1. The van der Waals surface area contributed by atoms with Crippen LogP contribution in [0.2, 0.25) is 0 Å². The molecule has 5 nitrogen and oxygen atoms in total. The van der Waals surface area contributed by atoms with Gasteiger partial charge in [0, 0.05) is 17.6 Å². The number of anilines is 1. The van der Waals surface area contributed by atoms with Crippen molar-refractivity contribution in [3.05, 3.63) is 34.7 Å². The van der Waals surface area contributed by atoms with Gasteiger partial charge in [0.25, 0.3) is 0 Å². The fourth-order valence-electron chi connectivity index (χ4n) is 1.70. The Morgan fingerprint density at radius 3 is 3.14 bits per heavy atom.